The van der Waals surface area contributed by atoms with E-state index in [9.17, 15) is 9.18 Å². The Morgan fingerprint density at radius 1 is 1.00 bits per heavy atom. The monoisotopic (exact) mass is 450 g/mol. The Kier molecular flexibility index (Phi) is 7.42. The smallest absolute Gasteiger partial charge is 0.253 e. The molecule has 1 aliphatic heterocycles. The minimum Gasteiger partial charge on any atom is -0.493 e. The van der Waals surface area contributed by atoms with Gasteiger partial charge in [-0.1, -0.05) is 36.4 Å². The zero-order valence-corrected chi connectivity index (χ0v) is 18.6. The summed E-state index contributed by atoms with van der Waals surface area (Å²) in [6, 6.07) is 19.7. The van der Waals surface area contributed by atoms with Crippen molar-refractivity contribution in [1.82, 2.24) is 5.32 Å². The van der Waals surface area contributed by atoms with Crippen LogP contribution in [-0.2, 0) is 17.9 Å². The van der Waals surface area contributed by atoms with Crippen LogP contribution in [0.4, 0.5) is 10.1 Å². The van der Waals surface area contributed by atoms with E-state index in [0.29, 0.717) is 55.7 Å². The Hall–Kier alpha value is -3.58. The number of methoxy groups -OCH3 is 1. The van der Waals surface area contributed by atoms with Gasteiger partial charge in [-0.05, 0) is 41.5 Å². The number of halogens is 1. The second-order valence-electron chi connectivity index (χ2n) is 7.70. The molecule has 3 aromatic carbocycles. The highest BCUT2D eigenvalue weighted by Crippen LogP contribution is 2.29. The zero-order valence-electron chi connectivity index (χ0n) is 18.6. The van der Waals surface area contributed by atoms with E-state index in [4.69, 9.17) is 14.2 Å². The number of morpholine rings is 1. The van der Waals surface area contributed by atoms with Gasteiger partial charge in [0.2, 0.25) is 0 Å². The summed E-state index contributed by atoms with van der Waals surface area (Å²) in [5.41, 5.74) is 2.90. The van der Waals surface area contributed by atoms with Crippen LogP contribution in [-0.4, -0.2) is 39.3 Å². The highest BCUT2D eigenvalue weighted by atomic mass is 19.1. The first kappa shape index (κ1) is 22.6. The van der Waals surface area contributed by atoms with Gasteiger partial charge in [-0.25, -0.2) is 4.39 Å². The van der Waals surface area contributed by atoms with Gasteiger partial charge in [0.15, 0.2) is 11.5 Å². The Labute approximate surface area is 192 Å². The van der Waals surface area contributed by atoms with E-state index in [1.807, 2.05) is 53.4 Å². The van der Waals surface area contributed by atoms with E-state index >= 15 is 0 Å². The standard InChI is InChI=1S/C26H27FN2O4/c1-31-24-10-7-20(15-25(24)33-18-19-5-3-2-4-6-19)17-28-26(30)22-16-21(27)8-9-23(22)29-11-13-32-14-12-29/h2-10,15-16H,11-14,17-18H2,1H3,(H,28,30). The lowest BCUT2D eigenvalue weighted by molar-refractivity contribution is 0.0949. The Balaban J connectivity index is 1.45. The number of nitrogens with zero attached hydrogens (tertiary/aromatic N) is 1. The SMILES string of the molecule is COc1ccc(CNC(=O)c2cc(F)ccc2N2CCOCC2)cc1OCc1ccccc1. The predicted molar refractivity (Wildman–Crippen MR) is 124 cm³/mol. The maximum atomic E-state index is 13.9. The second kappa shape index (κ2) is 10.8. The molecule has 1 amide bonds. The maximum Gasteiger partial charge on any atom is 0.253 e. The van der Waals surface area contributed by atoms with Crippen molar-refractivity contribution in [3.8, 4) is 11.5 Å². The molecule has 0 spiro atoms. The summed E-state index contributed by atoms with van der Waals surface area (Å²) in [6.07, 6.45) is 0. The first-order chi connectivity index (χ1) is 16.1. The molecule has 33 heavy (non-hydrogen) atoms. The normalized spacial score (nSPS) is 13.5. The van der Waals surface area contributed by atoms with Gasteiger partial charge in [0.1, 0.15) is 12.4 Å². The molecule has 1 heterocycles. The van der Waals surface area contributed by atoms with Crippen LogP contribution >= 0.6 is 0 Å². The maximum absolute atomic E-state index is 13.9. The molecule has 0 radical (unpaired) electrons. The van der Waals surface area contributed by atoms with Gasteiger partial charge in [0, 0.05) is 25.3 Å². The quantitative estimate of drug-likeness (QED) is 0.558. The Morgan fingerprint density at radius 2 is 1.79 bits per heavy atom. The second-order valence-corrected chi connectivity index (χ2v) is 7.70. The molecule has 1 N–H and O–H groups in total. The van der Waals surface area contributed by atoms with Crippen molar-refractivity contribution in [2.75, 3.05) is 38.3 Å². The summed E-state index contributed by atoms with van der Waals surface area (Å²) in [5.74, 6) is 0.422. The molecule has 7 heteroatoms. The van der Waals surface area contributed by atoms with E-state index in [1.165, 1.54) is 12.1 Å². The summed E-state index contributed by atoms with van der Waals surface area (Å²) >= 11 is 0. The highest BCUT2D eigenvalue weighted by molar-refractivity contribution is 5.99. The highest BCUT2D eigenvalue weighted by Gasteiger charge is 2.19. The van der Waals surface area contributed by atoms with Crippen molar-refractivity contribution in [3.05, 3.63) is 89.2 Å². The van der Waals surface area contributed by atoms with Crippen molar-refractivity contribution in [3.63, 3.8) is 0 Å². The van der Waals surface area contributed by atoms with Crippen molar-refractivity contribution < 1.29 is 23.4 Å². The van der Waals surface area contributed by atoms with Crippen LogP contribution in [0.5, 0.6) is 11.5 Å². The first-order valence-electron chi connectivity index (χ1n) is 10.9. The number of hydrogen-bond acceptors (Lipinski definition) is 5. The predicted octanol–water partition coefficient (Wildman–Crippen LogP) is 4.18. The Bertz CT molecular complexity index is 1080. The van der Waals surface area contributed by atoms with Gasteiger partial charge >= 0.3 is 0 Å². The van der Waals surface area contributed by atoms with Crippen LogP contribution in [0.2, 0.25) is 0 Å². The first-order valence-corrected chi connectivity index (χ1v) is 10.9. The molecule has 1 aliphatic rings. The largest absolute Gasteiger partial charge is 0.493 e. The fourth-order valence-electron chi connectivity index (χ4n) is 3.73. The van der Waals surface area contributed by atoms with Gasteiger partial charge in [-0.3, -0.25) is 4.79 Å². The molecule has 0 aromatic heterocycles. The molecule has 1 fully saturated rings. The summed E-state index contributed by atoms with van der Waals surface area (Å²) < 4.78 is 30.7. The molecule has 6 nitrogen and oxygen atoms in total. The minimum atomic E-state index is -0.446. The molecular weight excluding hydrogens is 423 g/mol. The molecular formula is C26H27FN2O4. The molecule has 0 unspecified atom stereocenters. The van der Waals surface area contributed by atoms with Gasteiger partial charge < -0.3 is 24.4 Å². The van der Waals surface area contributed by atoms with Crippen molar-refractivity contribution in [2.24, 2.45) is 0 Å². The van der Waals surface area contributed by atoms with E-state index in [2.05, 4.69) is 5.32 Å². The number of anilines is 1. The molecule has 0 bridgehead atoms. The van der Waals surface area contributed by atoms with Crippen LogP contribution in [0, 0.1) is 5.82 Å². The molecule has 0 atom stereocenters. The molecule has 4 rings (SSSR count). The fraction of sp³-hybridized carbons (Fsp3) is 0.269. The van der Waals surface area contributed by atoms with Crippen molar-refractivity contribution >= 4 is 11.6 Å². The number of benzene rings is 3. The van der Waals surface area contributed by atoms with Crippen LogP contribution < -0.4 is 19.7 Å². The molecule has 172 valence electrons. The fourth-order valence-corrected chi connectivity index (χ4v) is 3.73. The van der Waals surface area contributed by atoms with Crippen molar-refractivity contribution in [1.29, 1.82) is 0 Å². The number of ether oxygens (including phenoxy) is 3. The summed E-state index contributed by atoms with van der Waals surface area (Å²) in [4.78, 5) is 15.0. The van der Waals surface area contributed by atoms with E-state index < -0.39 is 5.82 Å². The van der Waals surface area contributed by atoms with Crippen LogP contribution in [0.1, 0.15) is 21.5 Å². The molecule has 0 saturated carbocycles. The summed E-state index contributed by atoms with van der Waals surface area (Å²) in [7, 11) is 1.59. The zero-order chi connectivity index (χ0) is 23.0. The van der Waals surface area contributed by atoms with Crippen LogP contribution in [0.15, 0.2) is 66.7 Å². The lowest BCUT2D eigenvalue weighted by Crippen LogP contribution is -2.38. The topological polar surface area (TPSA) is 60.0 Å². The average Bonchev–Trinajstić information content (AvgIpc) is 2.87. The average molecular weight is 451 g/mol. The number of rotatable bonds is 8. The van der Waals surface area contributed by atoms with Gasteiger partial charge in [0.05, 0.1) is 25.9 Å². The minimum absolute atomic E-state index is 0.267. The third-order valence-corrected chi connectivity index (χ3v) is 5.47. The Morgan fingerprint density at radius 3 is 2.55 bits per heavy atom. The van der Waals surface area contributed by atoms with Crippen LogP contribution in [0.3, 0.4) is 0 Å². The lowest BCUT2D eigenvalue weighted by Gasteiger charge is -2.30. The molecule has 0 aliphatic carbocycles. The summed E-state index contributed by atoms with van der Waals surface area (Å²) in [6.45, 7) is 3.15. The van der Waals surface area contributed by atoms with E-state index in [-0.39, 0.29) is 12.5 Å². The third kappa shape index (κ3) is 5.81. The van der Waals surface area contributed by atoms with Crippen molar-refractivity contribution in [2.45, 2.75) is 13.2 Å². The molecule has 1 saturated heterocycles. The third-order valence-electron chi connectivity index (χ3n) is 5.47. The number of carbonyl (C=O) groups excluding carboxylic acids is 1. The number of carbonyl (C=O) groups is 1. The van der Waals surface area contributed by atoms with E-state index in [0.717, 1.165) is 11.1 Å². The van der Waals surface area contributed by atoms with E-state index in [1.54, 1.807) is 13.2 Å². The van der Waals surface area contributed by atoms with Crippen LogP contribution in [0.25, 0.3) is 0 Å². The van der Waals surface area contributed by atoms with Gasteiger partial charge in [-0.2, -0.15) is 0 Å². The number of hydrogen-bond donors (Lipinski definition) is 1. The van der Waals surface area contributed by atoms with Gasteiger partial charge in [-0.15, -0.1) is 0 Å². The molecule has 3 aromatic rings. The number of nitrogens with one attached hydrogen (secondary N) is 1. The summed E-state index contributed by atoms with van der Waals surface area (Å²) in [5, 5.41) is 2.90. The van der Waals surface area contributed by atoms with Gasteiger partial charge in [0.25, 0.3) is 5.91 Å². The number of amides is 1. The lowest BCUT2D eigenvalue weighted by atomic mass is 10.1.